The van der Waals surface area contributed by atoms with Gasteiger partial charge >= 0.3 is 0 Å². The Morgan fingerprint density at radius 3 is 2.46 bits per heavy atom. The summed E-state index contributed by atoms with van der Waals surface area (Å²) < 4.78 is 0.837. The molecule has 0 saturated carbocycles. The number of hydrogen-bond acceptors (Lipinski definition) is 3. The molecule has 1 N–H and O–H groups in total. The number of piperazine rings is 1. The highest BCUT2D eigenvalue weighted by Crippen LogP contribution is 2.17. The van der Waals surface area contributed by atoms with E-state index in [0.717, 1.165) is 17.6 Å². The van der Waals surface area contributed by atoms with Crippen LogP contribution < -0.4 is 10.2 Å². The topological polar surface area (TPSA) is 52.6 Å². The van der Waals surface area contributed by atoms with Crippen LogP contribution in [0.25, 0.3) is 0 Å². The van der Waals surface area contributed by atoms with Crippen molar-refractivity contribution < 1.29 is 9.59 Å². The molecule has 0 aromatic heterocycles. The Kier molecular flexibility index (Phi) is 5.93. The van der Waals surface area contributed by atoms with Crippen LogP contribution in [0.4, 0.5) is 5.69 Å². The molecule has 0 aliphatic carbocycles. The number of nitrogens with one attached hydrogen (secondary N) is 1. The van der Waals surface area contributed by atoms with Crippen LogP contribution in [-0.4, -0.2) is 49.4 Å². The van der Waals surface area contributed by atoms with Gasteiger partial charge in [0.2, 0.25) is 5.91 Å². The molecule has 0 atom stereocenters. The number of nitrogens with zero attached hydrogens (tertiary/aromatic N) is 2. The number of hydrogen-bond donors (Lipinski definition) is 1. The minimum absolute atomic E-state index is 0.0236. The van der Waals surface area contributed by atoms with Crippen molar-refractivity contribution in [3.8, 4) is 0 Å². The zero-order valence-electron chi connectivity index (χ0n) is 14.7. The summed E-state index contributed by atoms with van der Waals surface area (Å²) in [6, 6.07) is 15.5. The zero-order valence-corrected chi connectivity index (χ0v) is 16.3. The number of benzene rings is 2. The second kappa shape index (κ2) is 8.36. The van der Waals surface area contributed by atoms with Gasteiger partial charge in [0, 0.05) is 41.9 Å². The van der Waals surface area contributed by atoms with E-state index >= 15 is 0 Å². The Labute approximate surface area is 162 Å². The SMILES string of the molecule is Cc1cccc(N2CCN(C(=O)CNC(=O)c3cccc(Br)c3)CC2)c1. The Balaban J connectivity index is 1.48. The molecule has 0 spiro atoms. The predicted octanol–water partition coefficient (Wildman–Crippen LogP) is 2.84. The Bertz CT molecular complexity index is 801. The van der Waals surface area contributed by atoms with Crippen LogP contribution in [0.1, 0.15) is 15.9 Å². The van der Waals surface area contributed by atoms with Gasteiger partial charge in [0.15, 0.2) is 0 Å². The van der Waals surface area contributed by atoms with Gasteiger partial charge in [0.05, 0.1) is 6.54 Å². The van der Waals surface area contributed by atoms with Gasteiger partial charge in [-0.25, -0.2) is 0 Å². The molecule has 6 heteroatoms. The maximum absolute atomic E-state index is 12.4. The van der Waals surface area contributed by atoms with E-state index in [1.54, 1.807) is 18.2 Å². The third-order valence-electron chi connectivity index (χ3n) is 4.49. The van der Waals surface area contributed by atoms with E-state index in [9.17, 15) is 9.59 Å². The summed E-state index contributed by atoms with van der Waals surface area (Å²) in [6.45, 7) is 5.04. The lowest BCUT2D eigenvalue weighted by Crippen LogP contribution is -2.51. The molecular weight excluding hydrogens is 394 g/mol. The maximum atomic E-state index is 12.4. The van der Waals surface area contributed by atoms with E-state index in [-0.39, 0.29) is 18.4 Å². The van der Waals surface area contributed by atoms with E-state index in [1.807, 2.05) is 11.0 Å². The third-order valence-corrected chi connectivity index (χ3v) is 4.98. The highest BCUT2D eigenvalue weighted by molar-refractivity contribution is 9.10. The van der Waals surface area contributed by atoms with Gasteiger partial charge in [0.25, 0.3) is 5.91 Å². The molecule has 1 heterocycles. The van der Waals surface area contributed by atoms with Crippen molar-refractivity contribution in [3.05, 3.63) is 64.1 Å². The number of carbonyl (C=O) groups excluding carboxylic acids is 2. The lowest BCUT2D eigenvalue weighted by molar-refractivity contribution is -0.130. The van der Waals surface area contributed by atoms with Crippen LogP contribution in [0, 0.1) is 6.92 Å². The molecule has 1 aliphatic heterocycles. The smallest absolute Gasteiger partial charge is 0.251 e. The summed E-state index contributed by atoms with van der Waals surface area (Å²) in [4.78, 5) is 28.6. The van der Waals surface area contributed by atoms with Gasteiger partial charge in [-0.05, 0) is 42.8 Å². The summed E-state index contributed by atoms with van der Waals surface area (Å²) in [5.74, 6) is -0.282. The van der Waals surface area contributed by atoms with Crippen molar-refractivity contribution in [2.45, 2.75) is 6.92 Å². The van der Waals surface area contributed by atoms with Crippen molar-refractivity contribution in [2.24, 2.45) is 0 Å². The molecule has 0 bridgehead atoms. The average molecular weight is 416 g/mol. The molecule has 1 aliphatic rings. The molecule has 26 heavy (non-hydrogen) atoms. The fourth-order valence-corrected chi connectivity index (χ4v) is 3.44. The van der Waals surface area contributed by atoms with Crippen molar-refractivity contribution >= 4 is 33.4 Å². The lowest BCUT2D eigenvalue weighted by Gasteiger charge is -2.36. The normalized spacial score (nSPS) is 14.2. The number of halogens is 1. The van der Waals surface area contributed by atoms with E-state index < -0.39 is 0 Å². The summed E-state index contributed by atoms with van der Waals surface area (Å²) in [6.07, 6.45) is 0. The highest BCUT2D eigenvalue weighted by Gasteiger charge is 2.21. The Hall–Kier alpha value is -2.34. The van der Waals surface area contributed by atoms with Gasteiger partial charge in [-0.1, -0.05) is 34.1 Å². The van der Waals surface area contributed by atoms with Crippen LogP contribution in [0.5, 0.6) is 0 Å². The van der Waals surface area contributed by atoms with Crippen molar-refractivity contribution in [1.82, 2.24) is 10.2 Å². The number of carbonyl (C=O) groups is 2. The first kappa shape index (κ1) is 18.5. The monoisotopic (exact) mass is 415 g/mol. The van der Waals surface area contributed by atoms with Crippen LogP contribution in [0.15, 0.2) is 53.0 Å². The first-order valence-electron chi connectivity index (χ1n) is 8.66. The number of rotatable bonds is 4. The standard InChI is InChI=1S/C20H22BrN3O2/c1-15-4-2-7-18(12-15)23-8-10-24(11-9-23)19(25)14-22-20(26)16-5-3-6-17(21)13-16/h2-7,12-13H,8-11,14H2,1H3,(H,22,26). The summed E-state index contributed by atoms with van der Waals surface area (Å²) in [7, 11) is 0. The van der Waals surface area contributed by atoms with Gasteiger partial charge < -0.3 is 15.1 Å². The molecule has 1 saturated heterocycles. The van der Waals surface area contributed by atoms with Crippen molar-refractivity contribution in [2.75, 3.05) is 37.6 Å². The largest absolute Gasteiger partial charge is 0.368 e. The van der Waals surface area contributed by atoms with Gasteiger partial charge in [0.1, 0.15) is 0 Å². The molecule has 136 valence electrons. The quantitative estimate of drug-likeness (QED) is 0.834. The van der Waals surface area contributed by atoms with Crippen molar-refractivity contribution in [1.29, 1.82) is 0 Å². The molecular formula is C20H22BrN3O2. The predicted molar refractivity (Wildman–Crippen MR) is 106 cm³/mol. The van der Waals surface area contributed by atoms with Crippen LogP contribution in [0.2, 0.25) is 0 Å². The minimum Gasteiger partial charge on any atom is -0.368 e. The fourth-order valence-electron chi connectivity index (χ4n) is 3.04. The van der Waals surface area contributed by atoms with Gasteiger partial charge in [-0.3, -0.25) is 9.59 Å². The van der Waals surface area contributed by atoms with Crippen molar-refractivity contribution in [3.63, 3.8) is 0 Å². The number of anilines is 1. The first-order valence-corrected chi connectivity index (χ1v) is 9.45. The van der Waals surface area contributed by atoms with Crippen LogP contribution in [0.3, 0.4) is 0 Å². The molecule has 2 amide bonds. The minimum atomic E-state index is -0.238. The third kappa shape index (κ3) is 4.64. The van der Waals surface area contributed by atoms with Crippen LogP contribution >= 0.6 is 15.9 Å². The Morgan fingerprint density at radius 1 is 1.04 bits per heavy atom. The van der Waals surface area contributed by atoms with E-state index in [4.69, 9.17) is 0 Å². The zero-order chi connectivity index (χ0) is 18.5. The molecule has 0 unspecified atom stereocenters. The summed E-state index contributed by atoms with van der Waals surface area (Å²) >= 11 is 3.34. The molecule has 3 rings (SSSR count). The molecule has 0 radical (unpaired) electrons. The lowest BCUT2D eigenvalue weighted by atomic mass is 10.2. The maximum Gasteiger partial charge on any atom is 0.251 e. The van der Waals surface area contributed by atoms with E-state index in [1.165, 1.54) is 11.3 Å². The Morgan fingerprint density at radius 2 is 1.77 bits per heavy atom. The molecule has 1 fully saturated rings. The number of aryl methyl sites for hydroxylation is 1. The highest BCUT2D eigenvalue weighted by atomic mass is 79.9. The summed E-state index contributed by atoms with van der Waals surface area (Å²) in [5.41, 5.74) is 2.97. The van der Waals surface area contributed by atoms with Crippen LogP contribution in [-0.2, 0) is 4.79 Å². The molecule has 5 nitrogen and oxygen atoms in total. The average Bonchev–Trinajstić information content (AvgIpc) is 2.66. The summed E-state index contributed by atoms with van der Waals surface area (Å²) in [5, 5.41) is 2.71. The van der Waals surface area contributed by atoms with Gasteiger partial charge in [-0.15, -0.1) is 0 Å². The fraction of sp³-hybridized carbons (Fsp3) is 0.300. The second-order valence-corrected chi connectivity index (χ2v) is 7.32. The second-order valence-electron chi connectivity index (χ2n) is 6.40. The van der Waals surface area contributed by atoms with E-state index in [2.05, 4.69) is 57.3 Å². The first-order chi connectivity index (χ1) is 12.5. The van der Waals surface area contributed by atoms with E-state index in [0.29, 0.717) is 18.7 Å². The number of amides is 2. The molecule has 2 aromatic carbocycles. The molecule has 2 aromatic rings. The van der Waals surface area contributed by atoms with Gasteiger partial charge in [-0.2, -0.15) is 0 Å².